The molecule has 112 valence electrons. The summed E-state index contributed by atoms with van der Waals surface area (Å²) in [4.78, 5) is 0. The topological polar surface area (TPSA) is 96.1 Å². The zero-order valence-electron chi connectivity index (χ0n) is 11.3. The standard InChI is InChI=1S/C12H20N4O3S/c17-20(18,15-5-9-3-4-19-8-9)12-10(7-14-16-12)6-13-11-1-2-11/h7,9,11,13,15H,1-6,8H2,(H,14,16). The Morgan fingerprint density at radius 3 is 2.95 bits per heavy atom. The summed E-state index contributed by atoms with van der Waals surface area (Å²) >= 11 is 0. The van der Waals surface area contributed by atoms with Crippen LogP contribution < -0.4 is 10.0 Å². The number of H-pyrrole nitrogens is 1. The first kappa shape index (κ1) is 14.0. The highest BCUT2D eigenvalue weighted by molar-refractivity contribution is 7.89. The minimum atomic E-state index is -3.53. The number of nitrogens with zero attached hydrogens (tertiary/aromatic N) is 1. The van der Waals surface area contributed by atoms with Crippen LogP contribution in [0, 0.1) is 5.92 Å². The number of hydrogen-bond acceptors (Lipinski definition) is 5. The van der Waals surface area contributed by atoms with Gasteiger partial charge in [-0.05, 0) is 25.2 Å². The lowest BCUT2D eigenvalue weighted by molar-refractivity contribution is 0.186. The van der Waals surface area contributed by atoms with Crippen LogP contribution in [0.4, 0.5) is 0 Å². The Balaban J connectivity index is 1.61. The van der Waals surface area contributed by atoms with Crippen LogP contribution in [-0.2, 0) is 21.3 Å². The first-order valence-corrected chi connectivity index (χ1v) is 8.46. The maximum atomic E-state index is 12.3. The molecule has 1 aromatic heterocycles. The molecular formula is C12H20N4O3S. The molecule has 20 heavy (non-hydrogen) atoms. The molecule has 0 spiro atoms. The Morgan fingerprint density at radius 2 is 2.25 bits per heavy atom. The van der Waals surface area contributed by atoms with Gasteiger partial charge in [-0.15, -0.1) is 0 Å². The second-order valence-corrected chi connectivity index (χ2v) is 7.16. The molecule has 3 N–H and O–H groups in total. The summed E-state index contributed by atoms with van der Waals surface area (Å²) < 4.78 is 32.4. The van der Waals surface area contributed by atoms with Crippen molar-refractivity contribution >= 4 is 10.0 Å². The van der Waals surface area contributed by atoms with E-state index in [4.69, 9.17) is 4.74 Å². The van der Waals surface area contributed by atoms with Crippen molar-refractivity contribution in [3.8, 4) is 0 Å². The second-order valence-electron chi connectivity index (χ2n) is 5.46. The van der Waals surface area contributed by atoms with Gasteiger partial charge in [-0.2, -0.15) is 5.10 Å². The summed E-state index contributed by atoms with van der Waals surface area (Å²) in [5, 5.41) is 9.92. The molecule has 1 aliphatic heterocycles. The summed E-state index contributed by atoms with van der Waals surface area (Å²) in [5.41, 5.74) is 0.687. The minimum absolute atomic E-state index is 0.171. The smallest absolute Gasteiger partial charge is 0.257 e. The molecule has 1 unspecified atom stereocenters. The Morgan fingerprint density at radius 1 is 1.40 bits per heavy atom. The van der Waals surface area contributed by atoms with E-state index in [1.54, 1.807) is 6.20 Å². The number of aromatic amines is 1. The van der Waals surface area contributed by atoms with Crippen molar-refractivity contribution in [2.75, 3.05) is 19.8 Å². The molecule has 0 aromatic carbocycles. The van der Waals surface area contributed by atoms with E-state index in [-0.39, 0.29) is 10.9 Å². The monoisotopic (exact) mass is 300 g/mol. The van der Waals surface area contributed by atoms with Crippen LogP contribution in [0.5, 0.6) is 0 Å². The van der Waals surface area contributed by atoms with Crippen LogP contribution in [-0.4, -0.2) is 44.4 Å². The van der Waals surface area contributed by atoms with Gasteiger partial charge in [0, 0.05) is 31.3 Å². The van der Waals surface area contributed by atoms with Crippen molar-refractivity contribution in [3.63, 3.8) is 0 Å². The van der Waals surface area contributed by atoms with Gasteiger partial charge in [-0.3, -0.25) is 5.10 Å². The van der Waals surface area contributed by atoms with E-state index in [0.29, 0.717) is 37.9 Å². The molecule has 0 amide bonds. The molecule has 1 saturated heterocycles. The van der Waals surface area contributed by atoms with Crippen LogP contribution in [0.2, 0.25) is 0 Å². The van der Waals surface area contributed by atoms with Crippen LogP contribution in [0.3, 0.4) is 0 Å². The van der Waals surface area contributed by atoms with Crippen LogP contribution in [0.25, 0.3) is 0 Å². The third kappa shape index (κ3) is 3.38. The molecule has 3 rings (SSSR count). The number of hydrogen-bond donors (Lipinski definition) is 3. The van der Waals surface area contributed by atoms with Gasteiger partial charge in [0.2, 0.25) is 0 Å². The molecule has 2 heterocycles. The van der Waals surface area contributed by atoms with E-state index in [1.807, 2.05) is 0 Å². The normalized spacial score (nSPS) is 23.3. The van der Waals surface area contributed by atoms with Crippen molar-refractivity contribution in [1.82, 2.24) is 20.2 Å². The van der Waals surface area contributed by atoms with Gasteiger partial charge in [-0.1, -0.05) is 0 Å². The van der Waals surface area contributed by atoms with Gasteiger partial charge in [0.25, 0.3) is 10.0 Å². The largest absolute Gasteiger partial charge is 0.381 e. The fraction of sp³-hybridized carbons (Fsp3) is 0.750. The van der Waals surface area contributed by atoms with Crippen LogP contribution in [0.1, 0.15) is 24.8 Å². The molecule has 1 aromatic rings. The summed E-state index contributed by atoms with van der Waals surface area (Å²) in [5.74, 6) is 0.265. The SMILES string of the molecule is O=S(=O)(NCC1CCOC1)c1[nH]ncc1CNC1CC1. The third-order valence-corrected chi connectivity index (χ3v) is 5.13. The number of ether oxygens (including phenoxy) is 1. The maximum absolute atomic E-state index is 12.3. The van der Waals surface area contributed by atoms with E-state index in [9.17, 15) is 8.42 Å². The van der Waals surface area contributed by atoms with Gasteiger partial charge in [0.15, 0.2) is 5.03 Å². The number of sulfonamides is 1. The lowest BCUT2D eigenvalue weighted by Gasteiger charge is -2.10. The van der Waals surface area contributed by atoms with Gasteiger partial charge >= 0.3 is 0 Å². The molecule has 1 atom stereocenters. The van der Waals surface area contributed by atoms with E-state index in [2.05, 4.69) is 20.2 Å². The quantitative estimate of drug-likeness (QED) is 0.657. The second kappa shape index (κ2) is 5.80. The van der Waals surface area contributed by atoms with Gasteiger partial charge in [-0.25, -0.2) is 13.1 Å². The summed E-state index contributed by atoms with van der Waals surface area (Å²) in [6, 6.07) is 0.532. The van der Waals surface area contributed by atoms with E-state index < -0.39 is 10.0 Å². The maximum Gasteiger partial charge on any atom is 0.257 e. The molecule has 2 fully saturated rings. The first-order chi connectivity index (χ1) is 9.65. The zero-order valence-corrected chi connectivity index (χ0v) is 12.1. The zero-order chi connectivity index (χ0) is 14.0. The molecule has 1 aliphatic carbocycles. The molecule has 1 saturated carbocycles. The van der Waals surface area contributed by atoms with Gasteiger partial charge < -0.3 is 10.1 Å². The van der Waals surface area contributed by atoms with Gasteiger partial charge in [0.05, 0.1) is 12.8 Å². The van der Waals surface area contributed by atoms with E-state index >= 15 is 0 Å². The first-order valence-electron chi connectivity index (χ1n) is 6.98. The predicted molar refractivity (Wildman–Crippen MR) is 72.6 cm³/mol. The number of rotatable bonds is 7. The highest BCUT2D eigenvalue weighted by Crippen LogP contribution is 2.20. The average Bonchev–Trinajstić information content (AvgIpc) is 2.94. The summed E-state index contributed by atoms with van der Waals surface area (Å²) in [6.45, 7) is 2.29. The minimum Gasteiger partial charge on any atom is -0.381 e. The van der Waals surface area contributed by atoms with Crippen molar-refractivity contribution in [1.29, 1.82) is 0 Å². The lowest BCUT2D eigenvalue weighted by atomic mass is 10.1. The molecule has 8 heteroatoms. The predicted octanol–water partition coefficient (Wildman–Crippen LogP) is -0.0235. The molecular weight excluding hydrogens is 280 g/mol. The van der Waals surface area contributed by atoms with Crippen LogP contribution >= 0.6 is 0 Å². The molecule has 2 aliphatic rings. The van der Waals surface area contributed by atoms with E-state index in [0.717, 1.165) is 6.42 Å². The Bertz CT molecular complexity index is 547. The molecule has 7 nitrogen and oxygen atoms in total. The summed E-state index contributed by atoms with van der Waals surface area (Å²) in [7, 11) is -3.53. The Hall–Kier alpha value is -0.960. The van der Waals surface area contributed by atoms with Crippen molar-refractivity contribution in [2.45, 2.75) is 36.9 Å². The van der Waals surface area contributed by atoms with Crippen LogP contribution in [0.15, 0.2) is 11.2 Å². The highest BCUT2D eigenvalue weighted by atomic mass is 32.2. The lowest BCUT2D eigenvalue weighted by Crippen LogP contribution is -2.31. The van der Waals surface area contributed by atoms with Gasteiger partial charge in [0.1, 0.15) is 0 Å². The summed E-state index contributed by atoms with van der Waals surface area (Å²) in [6.07, 6.45) is 4.81. The fourth-order valence-electron chi connectivity index (χ4n) is 2.24. The molecule has 0 radical (unpaired) electrons. The highest BCUT2D eigenvalue weighted by Gasteiger charge is 2.25. The number of nitrogens with one attached hydrogen (secondary N) is 3. The van der Waals surface area contributed by atoms with Crippen molar-refractivity contribution < 1.29 is 13.2 Å². The third-order valence-electron chi connectivity index (χ3n) is 3.69. The number of aromatic nitrogens is 2. The van der Waals surface area contributed by atoms with Crippen molar-refractivity contribution in [3.05, 3.63) is 11.8 Å². The van der Waals surface area contributed by atoms with E-state index in [1.165, 1.54) is 12.8 Å². The average molecular weight is 300 g/mol. The Kier molecular flexibility index (Phi) is 4.06. The van der Waals surface area contributed by atoms with Crippen molar-refractivity contribution in [2.24, 2.45) is 5.92 Å². The Labute approximate surface area is 118 Å². The molecule has 0 bridgehead atoms. The fourth-order valence-corrected chi connectivity index (χ4v) is 3.49.